The number of carbonyl (C=O) groups is 3. The summed E-state index contributed by atoms with van der Waals surface area (Å²) < 4.78 is 10.3. The lowest BCUT2D eigenvalue weighted by Crippen LogP contribution is -2.37. The quantitative estimate of drug-likeness (QED) is 0.489. The van der Waals surface area contributed by atoms with Crippen molar-refractivity contribution < 1.29 is 23.9 Å². The Morgan fingerprint density at radius 2 is 1.85 bits per heavy atom. The molecule has 0 bridgehead atoms. The fourth-order valence-corrected chi connectivity index (χ4v) is 3.74. The molecule has 1 unspecified atom stereocenters. The number of methoxy groups -OCH3 is 1. The van der Waals surface area contributed by atoms with Crippen LogP contribution in [0, 0.1) is 0 Å². The van der Waals surface area contributed by atoms with Crippen LogP contribution in [0.2, 0.25) is 0 Å². The van der Waals surface area contributed by atoms with Gasteiger partial charge in [0.15, 0.2) is 10.8 Å². The van der Waals surface area contributed by atoms with Crippen molar-refractivity contribution in [3.8, 4) is 5.75 Å². The number of amidine groups is 1. The van der Waals surface area contributed by atoms with Crippen LogP contribution >= 0.6 is 11.3 Å². The monoisotopic (exact) mass is 486 g/mol. The van der Waals surface area contributed by atoms with Crippen LogP contribution in [0.1, 0.15) is 41.6 Å². The predicted molar refractivity (Wildman–Crippen MR) is 130 cm³/mol. The van der Waals surface area contributed by atoms with E-state index in [0.29, 0.717) is 28.8 Å². The summed E-state index contributed by atoms with van der Waals surface area (Å²) in [6, 6.07) is 6.27. The van der Waals surface area contributed by atoms with Crippen molar-refractivity contribution >= 4 is 45.2 Å². The zero-order valence-electron chi connectivity index (χ0n) is 19.2. The maximum absolute atomic E-state index is 12.6. The molecule has 5 N–H and O–H groups in total. The van der Waals surface area contributed by atoms with Crippen molar-refractivity contribution in [2.24, 2.45) is 10.7 Å². The number of benzene rings is 1. The first-order valence-electron chi connectivity index (χ1n) is 10.3. The zero-order valence-corrected chi connectivity index (χ0v) is 20.0. The van der Waals surface area contributed by atoms with Crippen LogP contribution in [0.3, 0.4) is 0 Å². The molecule has 1 atom stereocenters. The van der Waals surface area contributed by atoms with E-state index in [2.05, 4.69) is 25.9 Å². The van der Waals surface area contributed by atoms with E-state index in [1.54, 1.807) is 57.2 Å². The van der Waals surface area contributed by atoms with Crippen LogP contribution in [0.25, 0.3) is 0 Å². The zero-order chi connectivity index (χ0) is 24.9. The Labute approximate surface area is 200 Å². The third-order valence-corrected chi connectivity index (χ3v) is 5.22. The molecule has 1 aromatic heterocycles. The van der Waals surface area contributed by atoms with Gasteiger partial charge >= 0.3 is 6.09 Å². The SMILES string of the molecule is COc1ccc(C(=O)Nc2sc(NC3C=CC(NC(=O)OC(C)(C)C)=NC3)nc2C(N)=O)cc1. The molecule has 0 radical (unpaired) electrons. The molecule has 11 nitrogen and oxygen atoms in total. The molecule has 0 aliphatic carbocycles. The predicted octanol–water partition coefficient (Wildman–Crippen LogP) is 2.78. The molecular weight excluding hydrogens is 460 g/mol. The number of aromatic nitrogens is 1. The van der Waals surface area contributed by atoms with E-state index in [4.69, 9.17) is 15.2 Å². The summed E-state index contributed by atoms with van der Waals surface area (Å²) in [6.45, 7) is 5.62. The Kier molecular flexibility index (Phi) is 7.51. The number of carbonyl (C=O) groups excluding carboxylic acids is 3. The number of alkyl carbamates (subject to hydrolysis) is 1. The first-order valence-corrected chi connectivity index (χ1v) is 11.1. The van der Waals surface area contributed by atoms with Gasteiger partial charge in [-0.1, -0.05) is 17.4 Å². The van der Waals surface area contributed by atoms with Crippen LogP contribution in [0.5, 0.6) is 5.75 Å². The lowest BCUT2D eigenvalue weighted by molar-refractivity contribution is 0.0563. The van der Waals surface area contributed by atoms with Crippen LogP contribution < -0.4 is 26.4 Å². The van der Waals surface area contributed by atoms with Crippen molar-refractivity contribution in [1.82, 2.24) is 10.3 Å². The molecule has 2 aromatic rings. The number of anilines is 2. The van der Waals surface area contributed by atoms with Crippen LogP contribution in [0.4, 0.5) is 14.9 Å². The molecule has 12 heteroatoms. The van der Waals surface area contributed by atoms with Gasteiger partial charge < -0.3 is 25.8 Å². The number of thiazole rings is 1. The highest BCUT2D eigenvalue weighted by atomic mass is 32.1. The second kappa shape index (κ2) is 10.3. The number of nitrogens with two attached hydrogens (primary N) is 1. The number of primary amides is 1. The minimum absolute atomic E-state index is 0.0510. The number of hydrogen-bond acceptors (Lipinski definition) is 9. The molecule has 1 aliphatic rings. The normalized spacial score (nSPS) is 15.2. The molecule has 180 valence electrons. The van der Waals surface area contributed by atoms with E-state index in [1.807, 2.05) is 0 Å². The smallest absolute Gasteiger partial charge is 0.413 e. The summed E-state index contributed by atoms with van der Waals surface area (Å²) >= 11 is 1.08. The van der Waals surface area contributed by atoms with Gasteiger partial charge in [-0.25, -0.2) is 9.78 Å². The number of hydrogen-bond donors (Lipinski definition) is 4. The first kappa shape index (κ1) is 24.7. The molecule has 0 spiro atoms. The van der Waals surface area contributed by atoms with Gasteiger partial charge in [0.25, 0.3) is 11.8 Å². The van der Waals surface area contributed by atoms with Crippen molar-refractivity contribution in [2.45, 2.75) is 32.4 Å². The Bertz CT molecular complexity index is 1130. The van der Waals surface area contributed by atoms with E-state index in [1.165, 1.54) is 7.11 Å². The van der Waals surface area contributed by atoms with Crippen LogP contribution in [-0.2, 0) is 4.74 Å². The maximum atomic E-state index is 12.6. The summed E-state index contributed by atoms with van der Waals surface area (Å²) in [5, 5.41) is 9.00. The molecule has 0 saturated carbocycles. The van der Waals surface area contributed by atoms with E-state index < -0.39 is 23.5 Å². The minimum Gasteiger partial charge on any atom is -0.497 e. The summed E-state index contributed by atoms with van der Waals surface area (Å²) in [5.41, 5.74) is 5.16. The summed E-state index contributed by atoms with van der Waals surface area (Å²) in [5.74, 6) is -0.196. The number of dihydropyridines is 1. The van der Waals surface area contributed by atoms with E-state index in [0.717, 1.165) is 11.3 Å². The number of aliphatic imine (C=N–C) groups is 1. The number of ether oxygens (including phenoxy) is 2. The fraction of sp³-hybridized carbons (Fsp3) is 0.318. The average molecular weight is 487 g/mol. The average Bonchev–Trinajstić information content (AvgIpc) is 3.16. The number of nitrogens with zero attached hydrogens (tertiary/aromatic N) is 2. The first-order chi connectivity index (χ1) is 16.0. The standard InChI is InChI=1S/C22H26N6O5S/c1-22(2,3)33-21(31)26-15-10-7-13(11-24-15)25-20-27-16(17(23)29)19(34-20)28-18(30)12-5-8-14(32-4)9-6-12/h5-10,13H,11H2,1-4H3,(H2,23,29)(H,25,27)(H,28,30)(H,24,26,31). The van der Waals surface area contributed by atoms with Gasteiger partial charge in [0.1, 0.15) is 22.2 Å². The number of nitrogens with one attached hydrogen (secondary N) is 3. The van der Waals surface area contributed by atoms with Crippen LogP contribution in [-0.4, -0.2) is 54.0 Å². The summed E-state index contributed by atoms with van der Waals surface area (Å²) in [4.78, 5) is 44.8. The van der Waals surface area contributed by atoms with Gasteiger partial charge in [0.05, 0.1) is 19.7 Å². The highest BCUT2D eigenvalue weighted by Gasteiger charge is 2.21. The largest absolute Gasteiger partial charge is 0.497 e. The van der Waals surface area contributed by atoms with E-state index in [-0.39, 0.29) is 16.7 Å². The third-order valence-electron chi connectivity index (χ3n) is 4.32. The molecule has 3 amide bonds. The van der Waals surface area contributed by atoms with E-state index in [9.17, 15) is 14.4 Å². The maximum Gasteiger partial charge on any atom is 0.413 e. The second-order valence-corrected chi connectivity index (χ2v) is 9.21. The van der Waals surface area contributed by atoms with Gasteiger partial charge in [-0.3, -0.25) is 19.9 Å². The highest BCUT2D eigenvalue weighted by molar-refractivity contribution is 7.20. The Hall–Kier alpha value is -3.93. The third kappa shape index (κ3) is 6.78. The van der Waals surface area contributed by atoms with Gasteiger partial charge in [0.2, 0.25) is 0 Å². The van der Waals surface area contributed by atoms with Gasteiger partial charge in [-0.2, -0.15) is 0 Å². The molecule has 0 fully saturated rings. The highest BCUT2D eigenvalue weighted by Crippen LogP contribution is 2.29. The molecule has 0 saturated heterocycles. The number of amides is 3. The van der Waals surface area contributed by atoms with Crippen molar-refractivity contribution in [1.29, 1.82) is 0 Å². The Balaban J connectivity index is 1.63. The van der Waals surface area contributed by atoms with Gasteiger partial charge in [-0.15, -0.1) is 0 Å². The summed E-state index contributed by atoms with van der Waals surface area (Å²) in [6.07, 6.45) is 2.84. The molecule has 3 rings (SSSR count). The van der Waals surface area contributed by atoms with Crippen LogP contribution in [0.15, 0.2) is 41.4 Å². The fourth-order valence-electron chi connectivity index (χ4n) is 2.81. The minimum atomic E-state index is -0.768. The second-order valence-electron chi connectivity index (χ2n) is 8.21. The topological polar surface area (TPSA) is 157 Å². The van der Waals surface area contributed by atoms with Crippen molar-refractivity contribution in [3.05, 3.63) is 47.7 Å². The van der Waals surface area contributed by atoms with Crippen molar-refractivity contribution in [2.75, 3.05) is 24.3 Å². The molecular formula is C22H26N6O5S. The summed E-state index contributed by atoms with van der Waals surface area (Å²) in [7, 11) is 1.53. The van der Waals surface area contributed by atoms with Gasteiger partial charge in [0, 0.05) is 5.56 Å². The molecule has 1 aliphatic heterocycles. The van der Waals surface area contributed by atoms with E-state index >= 15 is 0 Å². The van der Waals surface area contributed by atoms with Gasteiger partial charge in [-0.05, 0) is 51.1 Å². The Morgan fingerprint density at radius 3 is 2.41 bits per heavy atom. The molecule has 2 heterocycles. The Morgan fingerprint density at radius 1 is 1.15 bits per heavy atom. The molecule has 34 heavy (non-hydrogen) atoms. The molecule has 1 aromatic carbocycles. The van der Waals surface area contributed by atoms with Crippen molar-refractivity contribution in [3.63, 3.8) is 0 Å². The lowest BCUT2D eigenvalue weighted by Gasteiger charge is -2.21. The number of rotatable bonds is 6. The lowest BCUT2D eigenvalue weighted by atomic mass is 10.2.